The molecule has 0 aliphatic rings. The Labute approximate surface area is 120 Å². The van der Waals surface area contributed by atoms with Crippen LogP contribution in [0.25, 0.3) is 0 Å². The second-order valence-corrected chi connectivity index (χ2v) is 4.82. The van der Waals surface area contributed by atoms with E-state index in [1.165, 1.54) is 11.3 Å². The molecule has 0 unspecified atom stereocenters. The molecule has 1 aromatic heterocycles. The van der Waals surface area contributed by atoms with E-state index in [4.69, 9.17) is 4.84 Å². The lowest BCUT2D eigenvalue weighted by Crippen LogP contribution is -2.23. The summed E-state index contributed by atoms with van der Waals surface area (Å²) in [4.78, 5) is 28.9. The lowest BCUT2D eigenvalue weighted by Gasteiger charge is -2.06. The predicted octanol–water partition coefficient (Wildman–Crippen LogP) is 2.68. The van der Waals surface area contributed by atoms with Crippen LogP contribution in [0.2, 0.25) is 0 Å². The first-order chi connectivity index (χ1) is 9.70. The van der Waals surface area contributed by atoms with Crippen LogP contribution >= 0.6 is 11.3 Å². The number of hydrogen-bond acceptors (Lipinski definition) is 4. The summed E-state index contributed by atoms with van der Waals surface area (Å²) in [5.74, 6) is -0.477. The SMILES string of the molecule is CCONC(=O)c1ccc(NC(=O)c2cccs2)cc1. The topological polar surface area (TPSA) is 67.4 Å². The van der Waals surface area contributed by atoms with Gasteiger partial charge in [0.05, 0.1) is 11.5 Å². The number of rotatable bonds is 5. The molecule has 5 nitrogen and oxygen atoms in total. The van der Waals surface area contributed by atoms with Crippen molar-refractivity contribution in [2.45, 2.75) is 6.92 Å². The third-order valence-electron chi connectivity index (χ3n) is 2.46. The Morgan fingerprint density at radius 3 is 2.50 bits per heavy atom. The number of benzene rings is 1. The second kappa shape index (κ2) is 6.83. The monoisotopic (exact) mass is 290 g/mol. The van der Waals surface area contributed by atoms with Crippen LogP contribution in [0.15, 0.2) is 41.8 Å². The molecule has 2 aromatic rings. The van der Waals surface area contributed by atoms with Crippen LogP contribution in [0.1, 0.15) is 27.0 Å². The molecule has 0 aliphatic carbocycles. The Morgan fingerprint density at radius 1 is 1.15 bits per heavy atom. The Hall–Kier alpha value is -2.18. The highest BCUT2D eigenvalue weighted by atomic mass is 32.1. The minimum Gasteiger partial charge on any atom is -0.321 e. The summed E-state index contributed by atoms with van der Waals surface area (Å²) < 4.78 is 0. The molecule has 0 atom stereocenters. The molecule has 0 bridgehead atoms. The summed E-state index contributed by atoms with van der Waals surface area (Å²) in [5, 5.41) is 4.61. The van der Waals surface area contributed by atoms with E-state index < -0.39 is 0 Å². The summed E-state index contributed by atoms with van der Waals surface area (Å²) in [6.45, 7) is 2.18. The highest BCUT2D eigenvalue weighted by molar-refractivity contribution is 7.12. The molecule has 0 aliphatic heterocycles. The third kappa shape index (κ3) is 3.66. The first-order valence-electron chi connectivity index (χ1n) is 6.07. The van der Waals surface area contributed by atoms with Crippen LogP contribution in [-0.2, 0) is 4.84 Å². The minimum absolute atomic E-state index is 0.161. The van der Waals surface area contributed by atoms with Gasteiger partial charge in [-0.05, 0) is 42.6 Å². The van der Waals surface area contributed by atoms with Crippen molar-refractivity contribution in [3.63, 3.8) is 0 Å². The average molecular weight is 290 g/mol. The quantitative estimate of drug-likeness (QED) is 0.832. The molecule has 0 saturated heterocycles. The fourth-order valence-electron chi connectivity index (χ4n) is 1.50. The number of hydroxylamine groups is 1. The molecule has 2 amide bonds. The molecule has 0 saturated carbocycles. The van der Waals surface area contributed by atoms with Gasteiger partial charge in [0.1, 0.15) is 0 Å². The van der Waals surface area contributed by atoms with E-state index in [2.05, 4.69) is 10.8 Å². The standard InChI is InChI=1S/C14H14N2O3S/c1-2-19-16-13(17)10-5-7-11(8-6-10)15-14(18)12-4-3-9-20-12/h3-9H,2H2,1H3,(H,15,18)(H,16,17). The van der Waals surface area contributed by atoms with Gasteiger partial charge in [0.25, 0.3) is 11.8 Å². The van der Waals surface area contributed by atoms with Gasteiger partial charge in [0, 0.05) is 11.3 Å². The van der Waals surface area contributed by atoms with E-state index >= 15 is 0 Å². The maximum atomic E-state index is 11.8. The first kappa shape index (κ1) is 14.2. The molecule has 0 fully saturated rings. The molecule has 0 radical (unpaired) electrons. The number of anilines is 1. The lowest BCUT2D eigenvalue weighted by atomic mass is 10.2. The summed E-state index contributed by atoms with van der Waals surface area (Å²) in [6.07, 6.45) is 0. The van der Waals surface area contributed by atoms with Crippen molar-refractivity contribution in [2.24, 2.45) is 0 Å². The van der Waals surface area contributed by atoms with Crippen LogP contribution in [-0.4, -0.2) is 18.4 Å². The molecule has 20 heavy (non-hydrogen) atoms. The van der Waals surface area contributed by atoms with Crippen molar-refractivity contribution in [1.29, 1.82) is 0 Å². The van der Waals surface area contributed by atoms with Gasteiger partial charge >= 0.3 is 0 Å². The number of carbonyl (C=O) groups is 2. The normalized spacial score (nSPS) is 10.1. The van der Waals surface area contributed by atoms with Crippen LogP contribution in [0, 0.1) is 0 Å². The van der Waals surface area contributed by atoms with Crippen molar-refractivity contribution < 1.29 is 14.4 Å². The van der Waals surface area contributed by atoms with E-state index in [-0.39, 0.29) is 11.8 Å². The number of hydrogen-bond donors (Lipinski definition) is 2. The maximum Gasteiger partial charge on any atom is 0.274 e. The molecule has 104 valence electrons. The minimum atomic E-state index is -0.317. The van der Waals surface area contributed by atoms with Gasteiger partial charge in [0.2, 0.25) is 0 Å². The first-order valence-corrected chi connectivity index (χ1v) is 6.95. The van der Waals surface area contributed by atoms with Crippen molar-refractivity contribution in [1.82, 2.24) is 5.48 Å². The average Bonchev–Trinajstić information content (AvgIpc) is 3.00. The van der Waals surface area contributed by atoms with Gasteiger partial charge in [-0.15, -0.1) is 11.3 Å². The Balaban J connectivity index is 1.98. The summed E-state index contributed by atoms with van der Waals surface area (Å²) in [6, 6.07) is 10.2. The van der Waals surface area contributed by atoms with Gasteiger partial charge in [-0.25, -0.2) is 5.48 Å². The van der Waals surface area contributed by atoms with E-state index in [0.29, 0.717) is 22.7 Å². The number of carbonyl (C=O) groups excluding carboxylic acids is 2. The second-order valence-electron chi connectivity index (χ2n) is 3.87. The van der Waals surface area contributed by atoms with Crippen LogP contribution in [0.5, 0.6) is 0 Å². The van der Waals surface area contributed by atoms with Crippen LogP contribution < -0.4 is 10.8 Å². The Kier molecular flexibility index (Phi) is 4.86. The zero-order valence-corrected chi connectivity index (χ0v) is 11.7. The molecular weight excluding hydrogens is 276 g/mol. The molecule has 2 N–H and O–H groups in total. The molecular formula is C14H14N2O3S. The molecule has 6 heteroatoms. The van der Waals surface area contributed by atoms with Gasteiger partial charge in [0.15, 0.2) is 0 Å². The van der Waals surface area contributed by atoms with Crippen LogP contribution in [0.3, 0.4) is 0 Å². The fraction of sp³-hybridized carbons (Fsp3) is 0.143. The smallest absolute Gasteiger partial charge is 0.274 e. The predicted molar refractivity (Wildman–Crippen MR) is 77.8 cm³/mol. The van der Waals surface area contributed by atoms with Crippen molar-refractivity contribution >= 4 is 28.8 Å². The van der Waals surface area contributed by atoms with Crippen molar-refractivity contribution in [2.75, 3.05) is 11.9 Å². The summed E-state index contributed by atoms with van der Waals surface area (Å²) in [7, 11) is 0. The zero-order chi connectivity index (χ0) is 14.4. The van der Waals surface area contributed by atoms with E-state index in [0.717, 1.165) is 0 Å². The zero-order valence-electron chi connectivity index (χ0n) is 10.9. The summed E-state index contributed by atoms with van der Waals surface area (Å²) in [5.41, 5.74) is 3.41. The highest BCUT2D eigenvalue weighted by Gasteiger charge is 2.08. The van der Waals surface area contributed by atoms with E-state index in [9.17, 15) is 9.59 Å². The molecule has 0 spiro atoms. The molecule has 2 rings (SSSR count). The Morgan fingerprint density at radius 2 is 1.90 bits per heavy atom. The van der Waals surface area contributed by atoms with Crippen molar-refractivity contribution in [3.8, 4) is 0 Å². The van der Waals surface area contributed by atoms with Gasteiger partial charge in [-0.3, -0.25) is 14.4 Å². The third-order valence-corrected chi connectivity index (χ3v) is 3.33. The van der Waals surface area contributed by atoms with Crippen LogP contribution in [0.4, 0.5) is 5.69 Å². The molecule has 1 heterocycles. The fourth-order valence-corrected chi connectivity index (χ4v) is 2.12. The van der Waals surface area contributed by atoms with E-state index in [1.54, 1.807) is 37.3 Å². The largest absolute Gasteiger partial charge is 0.321 e. The maximum absolute atomic E-state index is 11.8. The Bertz CT molecular complexity index is 579. The van der Waals surface area contributed by atoms with E-state index in [1.807, 2.05) is 11.4 Å². The number of amides is 2. The highest BCUT2D eigenvalue weighted by Crippen LogP contribution is 2.14. The number of thiophene rings is 1. The number of nitrogens with one attached hydrogen (secondary N) is 2. The molecule has 1 aromatic carbocycles. The van der Waals surface area contributed by atoms with Gasteiger partial charge in [-0.2, -0.15) is 0 Å². The summed E-state index contributed by atoms with van der Waals surface area (Å²) >= 11 is 1.37. The van der Waals surface area contributed by atoms with Crippen molar-refractivity contribution in [3.05, 3.63) is 52.2 Å². The van der Waals surface area contributed by atoms with Gasteiger partial charge in [-0.1, -0.05) is 6.07 Å². The van der Waals surface area contributed by atoms with Gasteiger partial charge < -0.3 is 5.32 Å². The lowest BCUT2D eigenvalue weighted by molar-refractivity contribution is 0.0364.